The van der Waals surface area contributed by atoms with Gasteiger partial charge in [0.25, 0.3) is 0 Å². The fourth-order valence-electron chi connectivity index (χ4n) is 3.93. The number of aliphatic hydroxyl groups excluding tert-OH is 1. The van der Waals surface area contributed by atoms with Crippen molar-refractivity contribution >= 4 is 12.2 Å². The van der Waals surface area contributed by atoms with Gasteiger partial charge in [0.15, 0.2) is 0 Å². The number of hydrogen-bond donors (Lipinski definition) is 4. The maximum atomic E-state index is 13.0. The van der Waals surface area contributed by atoms with Gasteiger partial charge in [-0.3, -0.25) is 5.43 Å². The minimum absolute atomic E-state index is 0.0804. The van der Waals surface area contributed by atoms with Crippen LogP contribution >= 0.6 is 0 Å². The Morgan fingerprint density at radius 1 is 0.941 bits per heavy atom. The Bertz CT molecular complexity index is 915. The number of aliphatic hydroxyl groups is 1. The number of nitrogens with one attached hydrogen (secondary N) is 2. The molecule has 5 N–H and O–H groups in total. The summed E-state index contributed by atoms with van der Waals surface area (Å²) >= 11 is 0. The Hall–Kier alpha value is -3.10. The monoisotopic (exact) mass is 471 g/mol. The van der Waals surface area contributed by atoms with E-state index in [0.29, 0.717) is 0 Å². The highest BCUT2D eigenvalue weighted by Crippen LogP contribution is 2.36. The molecule has 3 atom stereocenters. The molecule has 186 valence electrons. The van der Waals surface area contributed by atoms with Gasteiger partial charge >= 0.3 is 12.2 Å². The number of rotatable bonds is 9. The van der Waals surface area contributed by atoms with Crippen LogP contribution in [0.25, 0.3) is 0 Å². The number of nitrogens with two attached hydrogens (primary N) is 1. The Balaban J connectivity index is 2.42. The fraction of sp³-hybridized carbons (Fsp3) is 0.462. The Labute approximate surface area is 201 Å². The van der Waals surface area contributed by atoms with Crippen LogP contribution in [-0.2, 0) is 22.5 Å². The van der Waals surface area contributed by atoms with Gasteiger partial charge < -0.3 is 19.9 Å². The van der Waals surface area contributed by atoms with Gasteiger partial charge in [-0.2, -0.15) is 0 Å². The minimum atomic E-state index is -1.28. The van der Waals surface area contributed by atoms with Crippen LogP contribution < -0.4 is 16.6 Å². The van der Waals surface area contributed by atoms with Gasteiger partial charge in [0, 0.05) is 5.41 Å². The smallest absolute Gasteiger partial charge is 0.421 e. The number of carbonyl (C=O) groups excluding carboxylic acids is 2. The largest absolute Gasteiger partial charge is 0.445 e. The van der Waals surface area contributed by atoms with Crippen molar-refractivity contribution in [3.05, 3.63) is 71.8 Å². The van der Waals surface area contributed by atoms with Crippen LogP contribution in [0.2, 0.25) is 0 Å². The highest BCUT2D eigenvalue weighted by molar-refractivity contribution is 5.69. The van der Waals surface area contributed by atoms with E-state index in [1.807, 2.05) is 101 Å². The van der Waals surface area contributed by atoms with E-state index in [9.17, 15) is 14.7 Å². The molecule has 0 saturated heterocycles. The third kappa shape index (κ3) is 7.20. The van der Waals surface area contributed by atoms with Crippen molar-refractivity contribution in [2.75, 3.05) is 0 Å². The normalized spacial score (nSPS) is 15.1. The first-order valence-electron chi connectivity index (χ1n) is 11.4. The molecular weight excluding hydrogens is 434 g/mol. The summed E-state index contributed by atoms with van der Waals surface area (Å²) in [6.45, 7) is 9.39. The number of amides is 2. The fourth-order valence-corrected chi connectivity index (χ4v) is 3.93. The van der Waals surface area contributed by atoms with E-state index in [2.05, 4.69) is 5.32 Å². The molecule has 0 saturated carbocycles. The molecule has 0 fully saturated rings. The summed E-state index contributed by atoms with van der Waals surface area (Å²) in [5.74, 6) is 4.97. The molecule has 2 aromatic carbocycles. The third-order valence-corrected chi connectivity index (χ3v) is 5.94. The summed E-state index contributed by atoms with van der Waals surface area (Å²) in [5, 5.41) is 14.7. The second-order valence-electron chi connectivity index (χ2n) is 9.83. The molecule has 2 aromatic rings. The topological polar surface area (TPSA) is 123 Å². The summed E-state index contributed by atoms with van der Waals surface area (Å²) < 4.78 is 11.0. The third-order valence-electron chi connectivity index (χ3n) is 5.94. The molecular formula is C26H37N3O5. The van der Waals surface area contributed by atoms with Crippen LogP contribution in [0.5, 0.6) is 0 Å². The maximum Gasteiger partial charge on any atom is 0.421 e. The SMILES string of the molecule is CC(C)[C@](Cc1ccccc1)(NC(=O)OCc1ccccc1)[C@@H](O)C(OC(=O)NN)C(C)(C)C. The van der Waals surface area contributed by atoms with Crippen LogP contribution in [0, 0.1) is 11.3 Å². The van der Waals surface area contributed by atoms with E-state index in [0.717, 1.165) is 11.1 Å². The second kappa shape index (κ2) is 11.9. The lowest BCUT2D eigenvalue weighted by molar-refractivity contribution is -0.102. The van der Waals surface area contributed by atoms with E-state index >= 15 is 0 Å². The lowest BCUT2D eigenvalue weighted by atomic mass is 9.70. The van der Waals surface area contributed by atoms with E-state index in [1.165, 1.54) is 0 Å². The maximum absolute atomic E-state index is 13.0. The average Bonchev–Trinajstić information content (AvgIpc) is 2.80. The van der Waals surface area contributed by atoms with Crippen LogP contribution in [0.3, 0.4) is 0 Å². The zero-order chi connectivity index (χ0) is 25.4. The number of hydrogen-bond acceptors (Lipinski definition) is 6. The van der Waals surface area contributed by atoms with E-state index in [1.54, 1.807) is 0 Å². The first-order valence-corrected chi connectivity index (χ1v) is 11.4. The first kappa shape index (κ1) is 27.1. The molecule has 8 heteroatoms. The van der Waals surface area contributed by atoms with Gasteiger partial charge in [-0.05, 0) is 23.5 Å². The number of ether oxygens (including phenoxy) is 2. The van der Waals surface area contributed by atoms with Gasteiger partial charge in [-0.15, -0.1) is 0 Å². The second-order valence-corrected chi connectivity index (χ2v) is 9.83. The van der Waals surface area contributed by atoms with Gasteiger partial charge in [-0.1, -0.05) is 95.3 Å². The van der Waals surface area contributed by atoms with Crippen LogP contribution in [0.4, 0.5) is 9.59 Å². The van der Waals surface area contributed by atoms with Gasteiger partial charge in [0.2, 0.25) is 0 Å². The van der Waals surface area contributed by atoms with Crippen molar-refractivity contribution in [2.24, 2.45) is 17.2 Å². The quantitative estimate of drug-likeness (QED) is 0.250. The molecule has 0 heterocycles. The Morgan fingerprint density at radius 2 is 1.47 bits per heavy atom. The van der Waals surface area contributed by atoms with E-state index in [-0.39, 0.29) is 18.9 Å². The first-order chi connectivity index (χ1) is 16.0. The lowest BCUT2D eigenvalue weighted by Crippen LogP contribution is -2.67. The van der Waals surface area contributed by atoms with Crippen LogP contribution in [0.1, 0.15) is 45.7 Å². The number of hydrazine groups is 1. The summed E-state index contributed by atoms with van der Waals surface area (Å²) in [4.78, 5) is 25.0. The lowest BCUT2D eigenvalue weighted by Gasteiger charge is -2.47. The van der Waals surface area contributed by atoms with Crippen molar-refractivity contribution in [3.8, 4) is 0 Å². The minimum Gasteiger partial charge on any atom is -0.445 e. The number of alkyl carbamates (subject to hydrolysis) is 1. The molecule has 2 amide bonds. The van der Waals surface area contributed by atoms with Crippen molar-refractivity contribution in [1.29, 1.82) is 0 Å². The molecule has 8 nitrogen and oxygen atoms in total. The molecule has 0 aliphatic carbocycles. The van der Waals surface area contributed by atoms with Gasteiger partial charge in [-0.25, -0.2) is 15.4 Å². The molecule has 0 aliphatic heterocycles. The highest BCUT2D eigenvalue weighted by atomic mass is 16.6. The molecule has 0 radical (unpaired) electrons. The van der Waals surface area contributed by atoms with Crippen molar-refractivity contribution in [2.45, 2.75) is 65.4 Å². The standard InChI is InChI=1S/C26H37N3O5/c1-18(2)26(16-19-12-8-6-9-13-19,21(30)22(25(3,4)5)34-24(32)29-27)28-23(31)33-17-20-14-10-7-11-15-20/h6-15,18,21-22,30H,16-17,27H2,1-5H3,(H,28,31)(H,29,32)/t21-,22?,26-/m0/s1. The predicted octanol–water partition coefficient (Wildman–Crippen LogP) is 3.93. The molecule has 0 bridgehead atoms. The Kier molecular flexibility index (Phi) is 9.46. The summed E-state index contributed by atoms with van der Waals surface area (Å²) in [5.41, 5.74) is 1.80. The molecule has 34 heavy (non-hydrogen) atoms. The highest BCUT2D eigenvalue weighted by Gasteiger charge is 2.51. The predicted molar refractivity (Wildman–Crippen MR) is 131 cm³/mol. The van der Waals surface area contributed by atoms with Crippen molar-refractivity contribution < 1.29 is 24.2 Å². The molecule has 2 rings (SSSR count). The zero-order valence-corrected chi connectivity index (χ0v) is 20.6. The van der Waals surface area contributed by atoms with Gasteiger partial charge in [0.05, 0.1) is 5.54 Å². The van der Waals surface area contributed by atoms with Gasteiger partial charge in [0.1, 0.15) is 18.8 Å². The van der Waals surface area contributed by atoms with Crippen LogP contribution in [0.15, 0.2) is 60.7 Å². The number of carbonyl (C=O) groups is 2. The molecule has 0 spiro atoms. The average molecular weight is 472 g/mol. The Morgan fingerprint density at radius 3 is 1.94 bits per heavy atom. The number of benzene rings is 2. The summed E-state index contributed by atoms with van der Waals surface area (Å²) in [7, 11) is 0. The van der Waals surface area contributed by atoms with E-state index in [4.69, 9.17) is 15.3 Å². The summed E-state index contributed by atoms with van der Waals surface area (Å²) in [6, 6.07) is 18.8. The van der Waals surface area contributed by atoms with E-state index < -0.39 is 35.3 Å². The van der Waals surface area contributed by atoms with Crippen molar-refractivity contribution in [1.82, 2.24) is 10.7 Å². The van der Waals surface area contributed by atoms with Crippen LogP contribution in [-0.4, -0.2) is 35.0 Å². The molecule has 1 unspecified atom stereocenters. The molecule has 0 aliphatic rings. The molecule has 0 aromatic heterocycles. The zero-order valence-electron chi connectivity index (χ0n) is 20.6. The van der Waals surface area contributed by atoms with Crippen molar-refractivity contribution in [3.63, 3.8) is 0 Å². The summed E-state index contributed by atoms with van der Waals surface area (Å²) in [6.07, 6.45) is -3.54.